The zero-order valence-corrected chi connectivity index (χ0v) is 30.3. The number of carbonyl (C=O) groups excluding carboxylic acids is 6. The van der Waals surface area contributed by atoms with Crippen LogP contribution in [-0.4, -0.2) is 98.7 Å². The van der Waals surface area contributed by atoms with E-state index in [4.69, 9.17) is 4.74 Å². The number of carboxylic acids is 2. The predicted octanol–water partition coefficient (Wildman–Crippen LogP) is 0.499. The summed E-state index contributed by atoms with van der Waals surface area (Å²) in [6.07, 6.45) is -2.28. The zero-order chi connectivity index (χ0) is 41.1. The van der Waals surface area contributed by atoms with E-state index < -0.39 is 97.0 Å². The second-order valence-corrected chi connectivity index (χ2v) is 12.6. The minimum atomic E-state index is -1.89. The zero-order valence-electron chi connectivity index (χ0n) is 30.3. The number of halogens is 1. The van der Waals surface area contributed by atoms with Crippen molar-refractivity contribution in [2.24, 2.45) is 5.92 Å². The quantitative estimate of drug-likeness (QED) is 0.0676. The minimum absolute atomic E-state index is 0.0346. The van der Waals surface area contributed by atoms with Crippen LogP contribution in [0.25, 0.3) is 0 Å². The minimum Gasteiger partial charge on any atom is -0.481 e. The molecule has 0 aromatic heterocycles. The Kier molecular flexibility index (Phi) is 18.4. The van der Waals surface area contributed by atoms with Crippen molar-refractivity contribution in [2.75, 3.05) is 6.54 Å². The molecule has 18 nitrogen and oxygen atoms in total. The first-order valence-electron chi connectivity index (χ1n) is 17.0. The van der Waals surface area contributed by atoms with Gasteiger partial charge in [-0.3, -0.25) is 39.0 Å². The third kappa shape index (κ3) is 17.3. The highest BCUT2D eigenvalue weighted by atomic mass is 19.1. The number of hydrazine groups is 1. The number of aliphatic hydroxyl groups is 1. The lowest BCUT2D eigenvalue weighted by Gasteiger charge is -2.28. The fraction of sp³-hybridized carbons (Fsp3) is 0.389. The third-order valence-corrected chi connectivity index (χ3v) is 7.43. The number of nitrogens with zero attached hydrogens (tertiary/aromatic N) is 1. The average molecular weight is 773 g/mol. The van der Waals surface area contributed by atoms with Gasteiger partial charge in [-0.2, -0.15) is 0 Å². The molecule has 298 valence electrons. The topological polar surface area (TPSA) is 270 Å². The highest BCUT2D eigenvalue weighted by Gasteiger charge is 2.33. The fourth-order valence-corrected chi connectivity index (χ4v) is 4.68. The smallest absolute Gasteiger partial charge is 0.408 e. The number of aliphatic carboxylic acids is 2. The fourth-order valence-electron chi connectivity index (χ4n) is 4.68. The summed E-state index contributed by atoms with van der Waals surface area (Å²) < 4.78 is 18.3. The average Bonchev–Trinajstić information content (AvgIpc) is 3.12. The molecule has 8 N–H and O–H groups in total. The molecule has 0 aliphatic heterocycles. The van der Waals surface area contributed by atoms with Crippen LogP contribution in [0.1, 0.15) is 51.2 Å². The summed E-state index contributed by atoms with van der Waals surface area (Å²) in [5.41, 5.74) is 3.18. The van der Waals surface area contributed by atoms with Crippen LogP contribution in [0.2, 0.25) is 0 Å². The molecule has 0 aliphatic carbocycles. The summed E-state index contributed by atoms with van der Waals surface area (Å²) in [6.45, 7) is 3.34. The van der Waals surface area contributed by atoms with Gasteiger partial charge in [-0.05, 0) is 48.9 Å². The molecule has 0 radical (unpaired) electrons. The molecular weight excluding hydrogens is 727 g/mol. The van der Waals surface area contributed by atoms with Crippen LogP contribution in [0, 0.1) is 11.7 Å². The van der Waals surface area contributed by atoms with Gasteiger partial charge in [0, 0.05) is 25.1 Å². The Morgan fingerprint density at radius 2 is 1.42 bits per heavy atom. The van der Waals surface area contributed by atoms with Crippen molar-refractivity contribution < 1.29 is 62.8 Å². The van der Waals surface area contributed by atoms with Gasteiger partial charge in [0.05, 0.1) is 6.10 Å². The molecule has 0 saturated carbocycles. The molecule has 0 spiro atoms. The number of benzene rings is 2. The standard InChI is InChI=1S/C36H45FN6O12/c1-21(2)17-27(40-36(54)55-20-24-7-5-4-6-8-24)34(52)39-26(13-16-30(47)48)33(51)41-32(22(3)44)35(53)42-43(19-31(49)50)29(46)15-14-28(45)38-18-23-9-11-25(37)12-10-23/h4-12,14-15,21-22,26-27,32,44H,13,16-20H2,1-3H3,(H,38,45)(H,39,52)(H,40,54)(H,41,51)(H,42,53)(H,47,48)(H,49,50)/b15-14+/t22-,26+,27+,32+/m1/s1. The van der Waals surface area contributed by atoms with Gasteiger partial charge < -0.3 is 41.3 Å². The highest BCUT2D eigenvalue weighted by Crippen LogP contribution is 2.09. The summed E-state index contributed by atoms with van der Waals surface area (Å²) in [5, 5.41) is 38.7. The number of rotatable bonds is 20. The summed E-state index contributed by atoms with van der Waals surface area (Å²) in [4.78, 5) is 100. The maximum Gasteiger partial charge on any atom is 0.408 e. The molecule has 2 aromatic rings. The van der Waals surface area contributed by atoms with Crippen LogP contribution in [-0.2, 0) is 51.5 Å². The van der Waals surface area contributed by atoms with Crippen molar-refractivity contribution in [3.63, 3.8) is 0 Å². The number of aliphatic hydroxyl groups excluding tert-OH is 1. The van der Waals surface area contributed by atoms with Crippen LogP contribution in [0.5, 0.6) is 0 Å². The second-order valence-electron chi connectivity index (χ2n) is 12.6. The summed E-state index contributed by atoms with van der Waals surface area (Å²) in [6, 6.07) is 9.14. The Morgan fingerprint density at radius 1 is 0.782 bits per heavy atom. The number of carboxylic acid groups (broad SMARTS) is 2. The Morgan fingerprint density at radius 3 is 2.00 bits per heavy atom. The summed E-state index contributed by atoms with van der Waals surface area (Å²) in [5.74, 6) is -8.87. The lowest BCUT2D eigenvalue weighted by atomic mass is 10.0. The molecule has 19 heteroatoms. The van der Waals surface area contributed by atoms with Crippen molar-refractivity contribution in [3.05, 3.63) is 83.7 Å². The van der Waals surface area contributed by atoms with Gasteiger partial charge in [0.2, 0.25) is 17.7 Å². The molecule has 0 unspecified atom stereocenters. The van der Waals surface area contributed by atoms with Gasteiger partial charge >= 0.3 is 18.0 Å². The molecule has 2 rings (SSSR count). The van der Waals surface area contributed by atoms with Gasteiger partial charge in [0.1, 0.15) is 37.1 Å². The summed E-state index contributed by atoms with van der Waals surface area (Å²) in [7, 11) is 0. The maximum atomic E-state index is 13.4. The van der Waals surface area contributed by atoms with Crippen LogP contribution >= 0.6 is 0 Å². The molecule has 0 bridgehead atoms. The van der Waals surface area contributed by atoms with E-state index in [0.717, 1.165) is 13.0 Å². The van der Waals surface area contributed by atoms with Gasteiger partial charge in [-0.15, -0.1) is 0 Å². The molecule has 0 saturated heterocycles. The van der Waals surface area contributed by atoms with Crippen LogP contribution in [0.3, 0.4) is 0 Å². The maximum absolute atomic E-state index is 13.4. The highest BCUT2D eigenvalue weighted by molar-refractivity contribution is 5.99. The lowest BCUT2D eigenvalue weighted by Crippen LogP contribution is -2.61. The van der Waals surface area contributed by atoms with E-state index in [1.807, 2.05) is 5.43 Å². The number of hydrogen-bond acceptors (Lipinski definition) is 10. The van der Waals surface area contributed by atoms with E-state index in [1.54, 1.807) is 44.2 Å². The normalized spacial score (nSPS) is 13.1. The molecule has 55 heavy (non-hydrogen) atoms. The van der Waals surface area contributed by atoms with E-state index in [9.17, 15) is 58.1 Å². The molecule has 0 fully saturated rings. The second kappa shape index (κ2) is 22.6. The number of alkyl carbamates (subject to hydrolysis) is 1. The first-order chi connectivity index (χ1) is 25.9. The molecular formula is C36H45FN6O12. The van der Waals surface area contributed by atoms with Crippen molar-refractivity contribution in [3.8, 4) is 0 Å². The number of nitrogens with one attached hydrogen (secondary N) is 5. The number of carbonyl (C=O) groups is 8. The van der Waals surface area contributed by atoms with Gasteiger partial charge in [0.15, 0.2) is 0 Å². The first-order valence-corrected chi connectivity index (χ1v) is 17.0. The van der Waals surface area contributed by atoms with E-state index in [-0.39, 0.29) is 25.5 Å². The molecule has 0 aliphatic rings. The Hall–Kier alpha value is -6.37. The van der Waals surface area contributed by atoms with Crippen LogP contribution in [0.4, 0.5) is 9.18 Å². The molecule has 0 heterocycles. The number of amides is 6. The van der Waals surface area contributed by atoms with Crippen LogP contribution in [0.15, 0.2) is 66.7 Å². The molecule has 4 atom stereocenters. The largest absolute Gasteiger partial charge is 0.481 e. The van der Waals surface area contributed by atoms with E-state index in [0.29, 0.717) is 22.2 Å². The van der Waals surface area contributed by atoms with Crippen molar-refractivity contribution >= 4 is 47.6 Å². The molecule has 2 aromatic carbocycles. The monoisotopic (exact) mass is 772 g/mol. The van der Waals surface area contributed by atoms with E-state index >= 15 is 0 Å². The lowest BCUT2D eigenvalue weighted by molar-refractivity contribution is -0.149. The summed E-state index contributed by atoms with van der Waals surface area (Å²) >= 11 is 0. The Bertz CT molecular complexity index is 1690. The third-order valence-electron chi connectivity index (χ3n) is 7.43. The first kappa shape index (κ1) is 44.8. The Labute approximate surface area is 315 Å². The van der Waals surface area contributed by atoms with E-state index in [1.165, 1.54) is 24.3 Å². The van der Waals surface area contributed by atoms with Crippen molar-refractivity contribution in [2.45, 2.75) is 77.4 Å². The predicted molar refractivity (Wildman–Crippen MR) is 190 cm³/mol. The van der Waals surface area contributed by atoms with Gasteiger partial charge in [-0.25, -0.2) is 14.2 Å². The van der Waals surface area contributed by atoms with Gasteiger partial charge in [0.25, 0.3) is 11.8 Å². The Balaban J connectivity index is 2.15. The number of hydrogen-bond donors (Lipinski definition) is 8. The van der Waals surface area contributed by atoms with Crippen LogP contribution < -0.4 is 26.7 Å². The van der Waals surface area contributed by atoms with E-state index in [2.05, 4.69) is 21.3 Å². The van der Waals surface area contributed by atoms with Gasteiger partial charge in [-0.1, -0.05) is 56.3 Å². The van der Waals surface area contributed by atoms with Crippen molar-refractivity contribution in [1.82, 2.24) is 31.7 Å². The van der Waals surface area contributed by atoms with Crippen molar-refractivity contribution in [1.29, 1.82) is 0 Å². The number of ether oxygens (including phenoxy) is 1. The SMILES string of the molecule is CC(C)C[C@H](NC(=O)OCc1ccccc1)C(=O)N[C@@H](CCC(=O)O)C(=O)N[C@H](C(=O)NN(CC(=O)O)C(=O)/C=C/C(=O)NCc1ccc(F)cc1)[C@@H](C)O. The molecule has 6 amide bonds.